The van der Waals surface area contributed by atoms with Crippen LogP contribution in [-0.2, 0) is 18.5 Å². The number of para-hydroxylation sites is 1. The lowest BCUT2D eigenvalue weighted by Crippen LogP contribution is -2.22. The standard InChI is InChI=1S/C58H111O5P/c1-5-9-13-17-21-25-29-33-37-41-48-54-59-57(52-46-39-35-31-27-23-19-15-11-7-3)62-64(61-56-50-44-43-45-51-56)63-58(53-47-40-36-32-28-24-20-16-12-8-4)60-55-49-42-38-34-30-26-22-18-14-10-6-2/h43-45,50-51,57-58H,5-42,46-49,52-55H2,1-4H3. The van der Waals surface area contributed by atoms with Gasteiger partial charge in [0, 0.05) is 13.2 Å². The van der Waals surface area contributed by atoms with Crippen molar-refractivity contribution in [3.63, 3.8) is 0 Å². The smallest absolute Gasteiger partial charge is 0.402 e. The summed E-state index contributed by atoms with van der Waals surface area (Å²) in [4.78, 5) is 0. The summed E-state index contributed by atoms with van der Waals surface area (Å²) in [6.45, 7) is 10.7. The van der Waals surface area contributed by atoms with Crippen molar-refractivity contribution in [2.75, 3.05) is 13.2 Å². The number of benzene rings is 1. The predicted octanol–water partition coefficient (Wildman–Crippen LogP) is 21.3. The molecule has 2 unspecified atom stereocenters. The van der Waals surface area contributed by atoms with E-state index in [9.17, 15) is 0 Å². The lowest BCUT2D eigenvalue weighted by molar-refractivity contribution is -0.123. The van der Waals surface area contributed by atoms with Crippen LogP contribution in [0, 0.1) is 0 Å². The molecule has 0 spiro atoms. The molecule has 6 heteroatoms. The lowest BCUT2D eigenvalue weighted by Gasteiger charge is -2.27. The Morgan fingerprint density at radius 1 is 0.312 bits per heavy atom. The van der Waals surface area contributed by atoms with Gasteiger partial charge in [0.1, 0.15) is 5.75 Å². The minimum absolute atomic E-state index is 0.336. The van der Waals surface area contributed by atoms with Crippen molar-refractivity contribution in [2.45, 2.75) is 323 Å². The van der Waals surface area contributed by atoms with E-state index in [-0.39, 0.29) is 12.6 Å². The SMILES string of the molecule is CCCCCCCCCCCCCOC(CCCCCCCCCCCC)OP(Oc1ccccc1)OC(CCCCCCCCCCCC)OCCCCCCCCCCCCC. The molecule has 0 aromatic heterocycles. The second-order valence-corrected chi connectivity index (χ2v) is 20.5. The van der Waals surface area contributed by atoms with Crippen LogP contribution in [0.5, 0.6) is 5.75 Å². The van der Waals surface area contributed by atoms with Crippen LogP contribution in [0.1, 0.15) is 310 Å². The maximum atomic E-state index is 6.80. The van der Waals surface area contributed by atoms with E-state index in [1.165, 1.54) is 244 Å². The fourth-order valence-corrected chi connectivity index (χ4v) is 9.87. The highest BCUT2D eigenvalue weighted by molar-refractivity contribution is 7.42. The Kier molecular flexibility index (Phi) is 49.5. The van der Waals surface area contributed by atoms with Gasteiger partial charge >= 0.3 is 8.60 Å². The quantitative estimate of drug-likeness (QED) is 0.0370. The highest BCUT2D eigenvalue weighted by Crippen LogP contribution is 2.45. The van der Waals surface area contributed by atoms with Gasteiger partial charge in [-0.1, -0.05) is 290 Å². The maximum absolute atomic E-state index is 6.80. The molecule has 64 heavy (non-hydrogen) atoms. The van der Waals surface area contributed by atoms with E-state index in [1.807, 2.05) is 30.3 Å². The fourth-order valence-electron chi connectivity index (χ4n) is 8.72. The van der Waals surface area contributed by atoms with E-state index in [2.05, 4.69) is 27.7 Å². The summed E-state index contributed by atoms with van der Waals surface area (Å²) >= 11 is 0. The third-order valence-electron chi connectivity index (χ3n) is 13.0. The van der Waals surface area contributed by atoms with Crippen molar-refractivity contribution in [1.29, 1.82) is 0 Å². The van der Waals surface area contributed by atoms with E-state index in [0.29, 0.717) is 0 Å². The van der Waals surface area contributed by atoms with Crippen LogP contribution < -0.4 is 4.52 Å². The first kappa shape index (κ1) is 61.3. The highest BCUT2D eigenvalue weighted by atomic mass is 31.2. The second-order valence-electron chi connectivity index (χ2n) is 19.5. The molecule has 0 N–H and O–H groups in total. The van der Waals surface area contributed by atoms with Crippen molar-refractivity contribution in [2.24, 2.45) is 0 Å². The molecule has 378 valence electrons. The topological polar surface area (TPSA) is 46.2 Å². The van der Waals surface area contributed by atoms with E-state index in [4.69, 9.17) is 23.0 Å². The molecule has 0 saturated carbocycles. The first-order valence-electron chi connectivity index (χ1n) is 28.8. The number of hydrogen-bond donors (Lipinski definition) is 0. The molecule has 0 radical (unpaired) electrons. The van der Waals surface area contributed by atoms with Gasteiger partial charge in [0.25, 0.3) is 0 Å². The zero-order valence-electron chi connectivity index (χ0n) is 43.6. The molecular weight excluding hydrogens is 808 g/mol. The number of ether oxygens (including phenoxy) is 2. The Morgan fingerprint density at radius 3 is 0.844 bits per heavy atom. The van der Waals surface area contributed by atoms with Crippen LogP contribution >= 0.6 is 8.60 Å². The van der Waals surface area contributed by atoms with Gasteiger partial charge in [0.05, 0.1) is 0 Å². The first-order valence-corrected chi connectivity index (χ1v) is 29.9. The number of rotatable bonds is 54. The molecule has 0 amide bonds. The van der Waals surface area contributed by atoms with Gasteiger partial charge in [-0.15, -0.1) is 0 Å². The van der Waals surface area contributed by atoms with Crippen molar-refractivity contribution in [3.8, 4) is 5.75 Å². The summed E-state index contributed by atoms with van der Waals surface area (Å²) < 4.78 is 33.3. The second kappa shape index (κ2) is 51.7. The maximum Gasteiger partial charge on any atom is 0.402 e. The van der Waals surface area contributed by atoms with Crippen LogP contribution in [0.15, 0.2) is 30.3 Å². The molecule has 0 fully saturated rings. The third-order valence-corrected chi connectivity index (χ3v) is 14.2. The fraction of sp³-hybridized carbons (Fsp3) is 0.897. The summed E-state index contributed by atoms with van der Waals surface area (Å²) in [5.41, 5.74) is 0. The molecule has 0 saturated heterocycles. The van der Waals surface area contributed by atoms with Crippen molar-refractivity contribution >= 4 is 8.60 Å². The van der Waals surface area contributed by atoms with Crippen LogP contribution in [0.4, 0.5) is 0 Å². The highest BCUT2D eigenvalue weighted by Gasteiger charge is 2.27. The third kappa shape index (κ3) is 43.8. The molecule has 0 aliphatic rings. The van der Waals surface area contributed by atoms with E-state index < -0.39 is 8.60 Å². The zero-order valence-corrected chi connectivity index (χ0v) is 44.5. The minimum atomic E-state index is -1.72. The molecular formula is C58H111O5P. The Labute approximate surface area is 402 Å². The van der Waals surface area contributed by atoms with Gasteiger partial charge in [-0.3, -0.25) is 9.05 Å². The lowest BCUT2D eigenvalue weighted by atomic mass is 10.1. The van der Waals surface area contributed by atoms with Gasteiger partial charge in [-0.2, -0.15) is 0 Å². The molecule has 0 bridgehead atoms. The molecule has 2 atom stereocenters. The normalized spacial score (nSPS) is 13.1. The monoisotopic (exact) mass is 919 g/mol. The van der Waals surface area contributed by atoms with Crippen molar-refractivity contribution in [1.82, 2.24) is 0 Å². The van der Waals surface area contributed by atoms with E-state index in [0.717, 1.165) is 57.5 Å². The summed E-state index contributed by atoms with van der Waals surface area (Å²) in [7, 11) is -1.72. The molecule has 1 aromatic carbocycles. The Hall–Kier alpha value is -0.710. The number of hydrogen-bond acceptors (Lipinski definition) is 5. The van der Waals surface area contributed by atoms with Crippen molar-refractivity contribution in [3.05, 3.63) is 30.3 Å². The van der Waals surface area contributed by atoms with Gasteiger partial charge in [-0.05, 0) is 50.7 Å². The van der Waals surface area contributed by atoms with Gasteiger partial charge in [-0.25, -0.2) is 0 Å². The van der Waals surface area contributed by atoms with E-state index >= 15 is 0 Å². The van der Waals surface area contributed by atoms with Crippen LogP contribution in [-0.4, -0.2) is 25.8 Å². The minimum Gasteiger partial charge on any atom is -0.427 e. The summed E-state index contributed by atoms with van der Waals surface area (Å²) in [6, 6.07) is 10.1. The Morgan fingerprint density at radius 2 is 0.562 bits per heavy atom. The van der Waals surface area contributed by atoms with Gasteiger partial charge in [0.2, 0.25) is 0 Å². The predicted molar refractivity (Wildman–Crippen MR) is 281 cm³/mol. The van der Waals surface area contributed by atoms with E-state index in [1.54, 1.807) is 0 Å². The number of unbranched alkanes of at least 4 members (excludes halogenated alkanes) is 38. The molecule has 0 aliphatic heterocycles. The summed E-state index contributed by atoms with van der Waals surface area (Å²) in [6.07, 6.45) is 56.7. The summed E-state index contributed by atoms with van der Waals surface area (Å²) in [5, 5.41) is 0. The Balaban J connectivity index is 2.84. The summed E-state index contributed by atoms with van der Waals surface area (Å²) in [5.74, 6) is 0.778. The van der Waals surface area contributed by atoms with Crippen LogP contribution in [0.3, 0.4) is 0 Å². The average molecular weight is 919 g/mol. The van der Waals surface area contributed by atoms with Gasteiger partial charge < -0.3 is 14.0 Å². The Bertz CT molecular complexity index is 938. The average Bonchev–Trinajstić information content (AvgIpc) is 3.30. The first-order chi connectivity index (χ1) is 31.7. The molecule has 0 aliphatic carbocycles. The largest absolute Gasteiger partial charge is 0.427 e. The van der Waals surface area contributed by atoms with Crippen LogP contribution in [0.2, 0.25) is 0 Å². The van der Waals surface area contributed by atoms with Gasteiger partial charge in [0.15, 0.2) is 12.6 Å². The molecule has 0 heterocycles. The molecule has 1 rings (SSSR count). The van der Waals surface area contributed by atoms with Crippen LogP contribution in [0.25, 0.3) is 0 Å². The molecule has 5 nitrogen and oxygen atoms in total. The van der Waals surface area contributed by atoms with Crippen molar-refractivity contribution < 1.29 is 23.0 Å². The molecule has 1 aromatic rings. The zero-order chi connectivity index (χ0) is 45.9.